The van der Waals surface area contributed by atoms with Gasteiger partial charge in [-0.15, -0.1) is 0 Å². The first kappa shape index (κ1) is 22.3. The highest BCUT2D eigenvalue weighted by molar-refractivity contribution is 5.78. The van der Waals surface area contributed by atoms with Crippen LogP contribution >= 0.6 is 0 Å². The van der Waals surface area contributed by atoms with Gasteiger partial charge in [-0.3, -0.25) is 9.69 Å². The van der Waals surface area contributed by atoms with Crippen molar-refractivity contribution >= 4 is 5.91 Å². The van der Waals surface area contributed by atoms with Crippen LogP contribution in [0.5, 0.6) is 11.5 Å². The van der Waals surface area contributed by atoms with Crippen molar-refractivity contribution in [2.75, 3.05) is 33.9 Å². The molecule has 0 saturated carbocycles. The molecule has 0 bridgehead atoms. The number of nitrogens with one attached hydrogen (secondary N) is 1. The third-order valence-electron chi connectivity index (χ3n) is 4.58. The molecule has 0 aliphatic carbocycles. The third kappa shape index (κ3) is 7.13. The third-order valence-corrected chi connectivity index (χ3v) is 4.58. The van der Waals surface area contributed by atoms with Crippen LogP contribution < -0.4 is 14.8 Å². The first-order chi connectivity index (χ1) is 14.1. The van der Waals surface area contributed by atoms with Gasteiger partial charge in [-0.25, -0.2) is 0 Å². The van der Waals surface area contributed by atoms with Crippen LogP contribution in [0.15, 0.2) is 42.5 Å². The van der Waals surface area contributed by atoms with Gasteiger partial charge in [0.2, 0.25) is 5.91 Å². The van der Waals surface area contributed by atoms with Gasteiger partial charge in [-0.2, -0.15) is 5.26 Å². The Morgan fingerprint density at radius 1 is 1.07 bits per heavy atom. The maximum absolute atomic E-state index is 12.4. The fourth-order valence-corrected chi connectivity index (χ4v) is 3.11. The molecular weight excluding hydrogens is 366 g/mol. The number of methoxy groups -OCH3 is 2. The van der Waals surface area contributed by atoms with E-state index in [0.29, 0.717) is 36.7 Å². The Kier molecular flexibility index (Phi) is 9.00. The van der Waals surface area contributed by atoms with Crippen molar-refractivity contribution in [3.8, 4) is 17.6 Å². The van der Waals surface area contributed by atoms with Crippen LogP contribution in [0, 0.1) is 11.3 Å². The van der Waals surface area contributed by atoms with Gasteiger partial charge < -0.3 is 14.8 Å². The highest BCUT2D eigenvalue weighted by Gasteiger charge is 2.11. The molecule has 0 radical (unpaired) electrons. The smallest absolute Gasteiger partial charge is 0.234 e. The zero-order valence-corrected chi connectivity index (χ0v) is 17.4. The molecule has 0 spiro atoms. The van der Waals surface area contributed by atoms with Crippen LogP contribution in [0.1, 0.15) is 30.0 Å². The second-order valence-electron chi connectivity index (χ2n) is 6.81. The van der Waals surface area contributed by atoms with Crippen LogP contribution in [0.25, 0.3) is 0 Å². The molecular formula is C23H29N3O3. The fraction of sp³-hybridized carbons (Fsp3) is 0.391. The van der Waals surface area contributed by atoms with Gasteiger partial charge >= 0.3 is 0 Å². The molecule has 154 valence electrons. The standard InChI is InChI=1S/C23H29N3O3/c1-4-13-26(16-20-7-5-19(15-24)6-8-20)17-23(27)25-12-11-18-9-10-21(28-2)22(14-18)29-3/h5-10,14H,4,11-13,16-17H2,1-3H3,(H,25,27). The molecule has 1 amide bonds. The number of nitrogens with zero attached hydrogens (tertiary/aromatic N) is 2. The lowest BCUT2D eigenvalue weighted by Crippen LogP contribution is -2.38. The van der Waals surface area contributed by atoms with Crippen LogP contribution in [0.3, 0.4) is 0 Å². The number of amides is 1. The second-order valence-corrected chi connectivity index (χ2v) is 6.81. The number of carbonyl (C=O) groups is 1. The van der Waals surface area contributed by atoms with Crippen LogP contribution in [-0.2, 0) is 17.8 Å². The highest BCUT2D eigenvalue weighted by atomic mass is 16.5. The van der Waals surface area contributed by atoms with Crippen molar-refractivity contribution in [2.45, 2.75) is 26.3 Å². The molecule has 6 nitrogen and oxygen atoms in total. The van der Waals surface area contributed by atoms with Crippen molar-refractivity contribution in [2.24, 2.45) is 0 Å². The summed E-state index contributed by atoms with van der Waals surface area (Å²) in [5.74, 6) is 1.39. The molecule has 0 aliphatic rings. The first-order valence-corrected chi connectivity index (χ1v) is 9.78. The minimum Gasteiger partial charge on any atom is -0.493 e. The molecule has 0 atom stereocenters. The van der Waals surface area contributed by atoms with E-state index in [4.69, 9.17) is 14.7 Å². The lowest BCUT2D eigenvalue weighted by atomic mass is 10.1. The topological polar surface area (TPSA) is 74.6 Å². The average Bonchev–Trinajstić information content (AvgIpc) is 2.74. The average molecular weight is 396 g/mol. The molecule has 2 rings (SSSR count). The molecule has 0 fully saturated rings. The molecule has 2 aromatic carbocycles. The van der Waals surface area contributed by atoms with Gasteiger partial charge in [0.25, 0.3) is 0 Å². The van der Waals surface area contributed by atoms with Gasteiger partial charge in [-0.05, 0) is 54.8 Å². The largest absolute Gasteiger partial charge is 0.493 e. The van der Waals surface area contributed by atoms with Gasteiger partial charge in [-0.1, -0.05) is 25.1 Å². The lowest BCUT2D eigenvalue weighted by Gasteiger charge is -2.21. The van der Waals surface area contributed by atoms with Crippen LogP contribution in [0.2, 0.25) is 0 Å². The molecule has 6 heteroatoms. The van der Waals surface area contributed by atoms with E-state index in [-0.39, 0.29) is 5.91 Å². The maximum atomic E-state index is 12.4. The van der Waals surface area contributed by atoms with Crippen LogP contribution in [0.4, 0.5) is 0 Å². The van der Waals surface area contributed by atoms with E-state index in [2.05, 4.69) is 23.2 Å². The molecule has 0 unspecified atom stereocenters. The number of hydrogen-bond donors (Lipinski definition) is 1. The van der Waals surface area contributed by atoms with Crippen molar-refractivity contribution < 1.29 is 14.3 Å². The summed E-state index contributed by atoms with van der Waals surface area (Å²) in [6.45, 7) is 4.53. The highest BCUT2D eigenvalue weighted by Crippen LogP contribution is 2.27. The normalized spacial score (nSPS) is 10.4. The van der Waals surface area contributed by atoms with E-state index < -0.39 is 0 Å². The minimum atomic E-state index is 0.00701. The zero-order valence-electron chi connectivity index (χ0n) is 17.4. The Morgan fingerprint density at radius 3 is 2.38 bits per heavy atom. The summed E-state index contributed by atoms with van der Waals surface area (Å²) in [6.07, 6.45) is 1.69. The van der Waals surface area contributed by atoms with E-state index >= 15 is 0 Å². The molecule has 1 N–H and O–H groups in total. The Labute approximate surface area is 173 Å². The van der Waals surface area contributed by atoms with Crippen molar-refractivity contribution in [1.82, 2.24) is 10.2 Å². The van der Waals surface area contributed by atoms with Crippen molar-refractivity contribution in [1.29, 1.82) is 5.26 Å². The fourth-order valence-electron chi connectivity index (χ4n) is 3.11. The van der Waals surface area contributed by atoms with Crippen molar-refractivity contribution in [3.63, 3.8) is 0 Å². The Bertz CT molecular complexity index is 828. The predicted octanol–water partition coefficient (Wildman–Crippen LogP) is 3.15. The summed E-state index contributed by atoms with van der Waals surface area (Å²) >= 11 is 0. The molecule has 0 aromatic heterocycles. The monoisotopic (exact) mass is 395 g/mol. The van der Waals surface area contributed by atoms with Gasteiger partial charge in [0, 0.05) is 13.1 Å². The van der Waals surface area contributed by atoms with Gasteiger partial charge in [0.05, 0.1) is 32.4 Å². The Morgan fingerprint density at radius 2 is 1.76 bits per heavy atom. The molecule has 0 heterocycles. The summed E-state index contributed by atoms with van der Waals surface area (Å²) in [6, 6.07) is 15.4. The van der Waals surface area contributed by atoms with E-state index in [1.165, 1.54) is 0 Å². The number of hydrogen-bond acceptors (Lipinski definition) is 5. The SMILES string of the molecule is CCCN(CC(=O)NCCc1ccc(OC)c(OC)c1)Cc1ccc(C#N)cc1. The summed E-state index contributed by atoms with van der Waals surface area (Å²) in [5.41, 5.74) is 2.81. The van der Waals surface area contributed by atoms with Gasteiger partial charge in [0.15, 0.2) is 11.5 Å². The second kappa shape index (κ2) is 11.7. The number of nitriles is 1. The molecule has 2 aromatic rings. The Hall–Kier alpha value is -3.04. The number of rotatable bonds is 11. The number of ether oxygens (including phenoxy) is 2. The molecule has 29 heavy (non-hydrogen) atoms. The summed E-state index contributed by atoms with van der Waals surface area (Å²) in [5, 5.41) is 11.9. The molecule has 0 aliphatic heterocycles. The first-order valence-electron chi connectivity index (χ1n) is 9.78. The van der Waals surface area contributed by atoms with E-state index in [1.54, 1.807) is 14.2 Å². The van der Waals surface area contributed by atoms with Crippen molar-refractivity contribution in [3.05, 3.63) is 59.2 Å². The lowest BCUT2D eigenvalue weighted by molar-refractivity contribution is -0.122. The number of carbonyl (C=O) groups excluding carboxylic acids is 1. The Balaban J connectivity index is 1.84. The number of benzene rings is 2. The molecule has 0 saturated heterocycles. The predicted molar refractivity (Wildman–Crippen MR) is 113 cm³/mol. The summed E-state index contributed by atoms with van der Waals surface area (Å²) in [7, 11) is 3.22. The van der Waals surface area contributed by atoms with Gasteiger partial charge in [0.1, 0.15) is 0 Å². The van der Waals surface area contributed by atoms with E-state index in [1.807, 2.05) is 42.5 Å². The van der Waals surface area contributed by atoms with Crippen LogP contribution in [-0.4, -0.2) is 44.7 Å². The quantitative estimate of drug-likeness (QED) is 0.633. The summed E-state index contributed by atoms with van der Waals surface area (Å²) in [4.78, 5) is 14.5. The van der Waals surface area contributed by atoms with E-state index in [0.717, 1.165) is 30.5 Å². The summed E-state index contributed by atoms with van der Waals surface area (Å²) < 4.78 is 10.6. The zero-order chi connectivity index (χ0) is 21.1. The minimum absolute atomic E-state index is 0.00701. The van der Waals surface area contributed by atoms with E-state index in [9.17, 15) is 4.79 Å². The maximum Gasteiger partial charge on any atom is 0.234 e.